The van der Waals surface area contributed by atoms with Crippen LogP contribution in [0.3, 0.4) is 0 Å². The van der Waals surface area contributed by atoms with E-state index in [1.807, 2.05) is 68.4 Å². The molecule has 0 aliphatic rings. The number of nitrogens with zero attached hydrogens (tertiary/aromatic N) is 2. The fourth-order valence-corrected chi connectivity index (χ4v) is 2.57. The molecule has 0 saturated heterocycles. The molecule has 3 rings (SSSR count). The minimum Gasteiger partial charge on any atom is -0.481 e. The van der Waals surface area contributed by atoms with Crippen LogP contribution in [0, 0.1) is 13.8 Å². The third-order valence-electron chi connectivity index (χ3n) is 4.00. The highest BCUT2D eigenvalue weighted by Gasteiger charge is 2.24. The highest BCUT2D eigenvalue weighted by Crippen LogP contribution is 2.20. The zero-order valence-electron chi connectivity index (χ0n) is 15.1. The molecule has 26 heavy (non-hydrogen) atoms. The molecule has 2 unspecified atom stereocenters. The van der Waals surface area contributed by atoms with E-state index in [0.717, 1.165) is 11.1 Å². The molecule has 0 aliphatic heterocycles. The topological polar surface area (TPSA) is 79.9 Å². The Bertz CT molecular complexity index is 859. The third kappa shape index (κ3) is 4.27. The van der Waals surface area contributed by atoms with Gasteiger partial charge in [0.2, 0.25) is 0 Å². The van der Waals surface area contributed by atoms with Crippen molar-refractivity contribution in [3.8, 4) is 5.75 Å². The zero-order valence-corrected chi connectivity index (χ0v) is 15.1. The molecule has 1 amide bonds. The molecule has 0 bridgehead atoms. The van der Waals surface area contributed by atoms with Crippen molar-refractivity contribution in [3.63, 3.8) is 0 Å². The molecule has 1 aromatic heterocycles. The van der Waals surface area contributed by atoms with Gasteiger partial charge in [0, 0.05) is 0 Å². The van der Waals surface area contributed by atoms with Crippen molar-refractivity contribution in [3.05, 3.63) is 77.4 Å². The van der Waals surface area contributed by atoms with Crippen LogP contribution in [0.4, 0.5) is 0 Å². The van der Waals surface area contributed by atoms with Gasteiger partial charge in [-0.05, 0) is 38.5 Å². The number of benzene rings is 2. The predicted octanol–water partition coefficient (Wildman–Crippen LogP) is 3.09. The first kappa shape index (κ1) is 17.7. The number of aromatic nitrogens is 3. The zero-order chi connectivity index (χ0) is 18.5. The van der Waals surface area contributed by atoms with Crippen LogP contribution in [0.2, 0.25) is 0 Å². The van der Waals surface area contributed by atoms with Gasteiger partial charge in [0.25, 0.3) is 5.91 Å². The van der Waals surface area contributed by atoms with E-state index < -0.39 is 12.1 Å². The Hall–Kier alpha value is -3.15. The molecule has 0 aliphatic carbocycles. The molecule has 2 aromatic carbocycles. The number of hydrogen-bond donors (Lipinski definition) is 2. The van der Waals surface area contributed by atoms with E-state index in [4.69, 9.17) is 4.74 Å². The number of H-pyrrole nitrogens is 1. The molecule has 6 heteroatoms. The lowest BCUT2D eigenvalue weighted by Gasteiger charge is -2.20. The van der Waals surface area contributed by atoms with E-state index in [1.165, 1.54) is 0 Å². The summed E-state index contributed by atoms with van der Waals surface area (Å²) in [5.74, 6) is 1.63. The van der Waals surface area contributed by atoms with E-state index in [1.54, 1.807) is 6.92 Å². The lowest BCUT2D eigenvalue weighted by Crippen LogP contribution is -2.39. The number of amides is 1. The monoisotopic (exact) mass is 350 g/mol. The largest absolute Gasteiger partial charge is 0.481 e. The van der Waals surface area contributed by atoms with Gasteiger partial charge in [-0.15, -0.1) is 0 Å². The van der Waals surface area contributed by atoms with Crippen LogP contribution in [0.1, 0.15) is 35.7 Å². The van der Waals surface area contributed by atoms with E-state index in [2.05, 4.69) is 20.5 Å². The average molecular weight is 350 g/mol. The number of aromatic amines is 1. The highest BCUT2D eigenvalue weighted by molar-refractivity contribution is 5.81. The van der Waals surface area contributed by atoms with Crippen LogP contribution in [-0.2, 0) is 4.79 Å². The van der Waals surface area contributed by atoms with Gasteiger partial charge < -0.3 is 10.1 Å². The average Bonchev–Trinajstić information content (AvgIpc) is 3.08. The Labute approximate surface area is 152 Å². The molecule has 2 atom stereocenters. The number of ether oxygens (including phenoxy) is 1. The van der Waals surface area contributed by atoms with Crippen LogP contribution in [0.5, 0.6) is 5.75 Å². The number of nitrogens with one attached hydrogen (secondary N) is 2. The smallest absolute Gasteiger partial charge is 0.261 e. The standard InChI is InChI=1S/C20H22N4O2/c1-13-9-11-17(12-10-13)26-14(2)20(25)22-18(16-7-5-4-6-8-16)19-21-15(3)23-24-19/h4-12,14,18H,1-3H3,(H,22,25)(H,21,23,24). The first-order valence-electron chi connectivity index (χ1n) is 8.50. The summed E-state index contributed by atoms with van der Waals surface area (Å²) in [6, 6.07) is 16.8. The van der Waals surface area contributed by atoms with Crippen molar-refractivity contribution in [1.29, 1.82) is 0 Å². The van der Waals surface area contributed by atoms with E-state index in [0.29, 0.717) is 17.4 Å². The molecule has 134 valence electrons. The predicted molar refractivity (Wildman–Crippen MR) is 98.8 cm³/mol. The van der Waals surface area contributed by atoms with Gasteiger partial charge in [0.05, 0.1) is 0 Å². The maximum atomic E-state index is 12.7. The third-order valence-corrected chi connectivity index (χ3v) is 4.00. The molecule has 0 radical (unpaired) electrons. The maximum Gasteiger partial charge on any atom is 0.261 e. The quantitative estimate of drug-likeness (QED) is 0.716. The first-order chi connectivity index (χ1) is 12.5. The summed E-state index contributed by atoms with van der Waals surface area (Å²) in [7, 11) is 0. The molecular weight excluding hydrogens is 328 g/mol. The Kier molecular flexibility index (Phi) is 5.31. The SMILES string of the molecule is Cc1ccc(OC(C)C(=O)NC(c2ccccc2)c2n[nH]c(C)n2)cc1. The second-order valence-corrected chi connectivity index (χ2v) is 6.20. The van der Waals surface area contributed by atoms with Gasteiger partial charge in [-0.25, -0.2) is 4.98 Å². The molecular formula is C20H22N4O2. The molecule has 2 N–H and O–H groups in total. The van der Waals surface area contributed by atoms with Gasteiger partial charge in [0.15, 0.2) is 11.9 Å². The summed E-state index contributed by atoms with van der Waals surface area (Å²) in [5.41, 5.74) is 2.04. The van der Waals surface area contributed by atoms with Gasteiger partial charge in [0.1, 0.15) is 17.6 Å². The molecule has 0 spiro atoms. The van der Waals surface area contributed by atoms with Crippen LogP contribution in [0.15, 0.2) is 54.6 Å². The van der Waals surface area contributed by atoms with Crippen molar-refractivity contribution >= 4 is 5.91 Å². The summed E-state index contributed by atoms with van der Waals surface area (Å²) >= 11 is 0. The van der Waals surface area contributed by atoms with E-state index in [-0.39, 0.29) is 5.91 Å². The highest BCUT2D eigenvalue weighted by atomic mass is 16.5. The lowest BCUT2D eigenvalue weighted by atomic mass is 10.1. The minimum atomic E-state index is -0.649. The van der Waals surface area contributed by atoms with Gasteiger partial charge >= 0.3 is 0 Å². The summed E-state index contributed by atoms with van der Waals surface area (Å²) in [4.78, 5) is 17.0. The Balaban J connectivity index is 1.75. The van der Waals surface area contributed by atoms with E-state index >= 15 is 0 Å². The van der Waals surface area contributed by atoms with E-state index in [9.17, 15) is 4.79 Å². The van der Waals surface area contributed by atoms with Crippen LogP contribution in [0.25, 0.3) is 0 Å². The van der Waals surface area contributed by atoms with Gasteiger partial charge in [-0.2, -0.15) is 5.10 Å². The number of rotatable bonds is 6. The Morgan fingerprint density at radius 1 is 1.08 bits per heavy atom. The van der Waals surface area contributed by atoms with Gasteiger partial charge in [-0.1, -0.05) is 48.0 Å². The summed E-state index contributed by atoms with van der Waals surface area (Å²) < 4.78 is 5.75. The van der Waals surface area contributed by atoms with Crippen LogP contribution in [-0.4, -0.2) is 27.2 Å². The normalized spacial score (nSPS) is 13.0. The first-order valence-corrected chi connectivity index (χ1v) is 8.50. The molecule has 0 saturated carbocycles. The molecule has 0 fully saturated rings. The second-order valence-electron chi connectivity index (χ2n) is 6.20. The fourth-order valence-electron chi connectivity index (χ4n) is 2.57. The van der Waals surface area contributed by atoms with Crippen molar-refractivity contribution in [2.75, 3.05) is 0 Å². The summed E-state index contributed by atoms with van der Waals surface area (Å²) in [6.45, 7) is 5.55. The molecule has 1 heterocycles. The molecule has 6 nitrogen and oxygen atoms in total. The lowest BCUT2D eigenvalue weighted by molar-refractivity contribution is -0.127. The van der Waals surface area contributed by atoms with Crippen LogP contribution < -0.4 is 10.1 Å². The summed E-state index contributed by atoms with van der Waals surface area (Å²) in [5, 5.41) is 10.0. The minimum absolute atomic E-state index is 0.234. The maximum absolute atomic E-state index is 12.7. The number of carbonyl (C=O) groups excluding carboxylic acids is 1. The van der Waals surface area contributed by atoms with Gasteiger partial charge in [-0.3, -0.25) is 9.89 Å². The van der Waals surface area contributed by atoms with Crippen LogP contribution >= 0.6 is 0 Å². The Morgan fingerprint density at radius 2 is 1.77 bits per heavy atom. The van der Waals surface area contributed by atoms with Crippen molar-refractivity contribution < 1.29 is 9.53 Å². The van der Waals surface area contributed by atoms with Crippen molar-refractivity contribution in [2.24, 2.45) is 0 Å². The van der Waals surface area contributed by atoms with Crippen molar-refractivity contribution in [1.82, 2.24) is 20.5 Å². The summed E-state index contributed by atoms with van der Waals surface area (Å²) in [6.07, 6.45) is -0.649. The molecule has 3 aromatic rings. The number of aryl methyl sites for hydroxylation is 2. The fraction of sp³-hybridized carbons (Fsp3) is 0.250. The Morgan fingerprint density at radius 3 is 2.38 bits per heavy atom. The number of hydrogen-bond acceptors (Lipinski definition) is 4. The second kappa shape index (κ2) is 7.82. The number of carbonyl (C=O) groups is 1. The van der Waals surface area contributed by atoms with Crippen molar-refractivity contribution in [2.45, 2.75) is 32.9 Å².